The van der Waals surface area contributed by atoms with Crippen molar-refractivity contribution in [2.24, 2.45) is 5.92 Å². The molecule has 0 atom stereocenters. The summed E-state index contributed by atoms with van der Waals surface area (Å²) in [7, 11) is 0. The van der Waals surface area contributed by atoms with Crippen molar-refractivity contribution in [2.45, 2.75) is 25.8 Å². The van der Waals surface area contributed by atoms with E-state index in [-0.39, 0.29) is 5.82 Å². The van der Waals surface area contributed by atoms with E-state index < -0.39 is 0 Å². The number of nitrogens with one attached hydrogen (secondary N) is 1. The zero-order valence-electron chi connectivity index (χ0n) is 11.9. The molecule has 0 radical (unpaired) electrons. The highest BCUT2D eigenvalue weighted by Gasteiger charge is 2.19. The standard InChI is InChI=1S/C16H23FN2O/c17-15-4-5-16(20-12-13-2-1-3-13)14(10-15)11-19-8-6-18-7-9-19/h4-5,10,13,18H,1-3,6-9,11-12H2. The van der Waals surface area contributed by atoms with Gasteiger partial charge < -0.3 is 10.1 Å². The van der Waals surface area contributed by atoms with Crippen molar-refractivity contribution in [1.29, 1.82) is 0 Å². The van der Waals surface area contributed by atoms with Gasteiger partial charge in [-0.3, -0.25) is 4.90 Å². The number of piperazine rings is 1. The summed E-state index contributed by atoms with van der Waals surface area (Å²) < 4.78 is 19.4. The van der Waals surface area contributed by atoms with Gasteiger partial charge in [0.15, 0.2) is 0 Å². The molecule has 4 heteroatoms. The Kier molecular flexibility index (Phi) is 4.53. The van der Waals surface area contributed by atoms with Gasteiger partial charge in [0.1, 0.15) is 11.6 Å². The van der Waals surface area contributed by atoms with Crippen LogP contribution in [0.4, 0.5) is 4.39 Å². The van der Waals surface area contributed by atoms with Crippen LogP contribution in [0, 0.1) is 11.7 Å². The molecule has 1 aliphatic carbocycles. The maximum Gasteiger partial charge on any atom is 0.124 e. The molecule has 2 aliphatic rings. The molecule has 3 rings (SSSR count). The first-order valence-electron chi connectivity index (χ1n) is 7.65. The molecule has 0 amide bonds. The molecule has 1 aromatic carbocycles. The normalized spacial score (nSPS) is 20.6. The largest absolute Gasteiger partial charge is 0.493 e. The Bertz CT molecular complexity index is 442. The lowest BCUT2D eigenvalue weighted by Gasteiger charge is -2.29. The fourth-order valence-corrected chi connectivity index (χ4v) is 2.79. The lowest BCUT2D eigenvalue weighted by Crippen LogP contribution is -2.42. The Balaban J connectivity index is 1.64. The summed E-state index contributed by atoms with van der Waals surface area (Å²) in [6.07, 6.45) is 3.87. The molecule has 110 valence electrons. The molecule has 1 aliphatic heterocycles. The molecule has 0 aromatic heterocycles. The molecular weight excluding hydrogens is 255 g/mol. The second-order valence-corrected chi connectivity index (χ2v) is 5.89. The van der Waals surface area contributed by atoms with E-state index in [1.54, 1.807) is 12.1 Å². The minimum absolute atomic E-state index is 0.175. The summed E-state index contributed by atoms with van der Waals surface area (Å²) in [4.78, 5) is 2.35. The Morgan fingerprint density at radius 1 is 1.25 bits per heavy atom. The van der Waals surface area contributed by atoms with E-state index in [1.807, 2.05) is 0 Å². The van der Waals surface area contributed by atoms with Crippen LogP contribution in [0.1, 0.15) is 24.8 Å². The van der Waals surface area contributed by atoms with Crippen LogP contribution in [-0.4, -0.2) is 37.7 Å². The summed E-state index contributed by atoms with van der Waals surface area (Å²) >= 11 is 0. The van der Waals surface area contributed by atoms with Gasteiger partial charge in [-0.2, -0.15) is 0 Å². The van der Waals surface area contributed by atoms with E-state index in [9.17, 15) is 4.39 Å². The first kappa shape index (κ1) is 13.8. The third-order valence-electron chi connectivity index (χ3n) is 4.33. The van der Waals surface area contributed by atoms with Gasteiger partial charge in [-0.05, 0) is 37.0 Å². The second-order valence-electron chi connectivity index (χ2n) is 5.89. The summed E-state index contributed by atoms with van der Waals surface area (Å²) in [6, 6.07) is 4.90. The van der Waals surface area contributed by atoms with E-state index in [4.69, 9.17) is 4.74 Å². The molecule has 0 bridgehead atoms. The molecule has 3 nitrogen and oxygen atoms in total. The average molecular weight is 278 g/mol. The maximum atomic E-state index is 13.5. The Labute approximate surface area is 120 Å². The molecular formula is C16H23FN2O. The van der Waals surface area contributed by atoms with E-state index >= 15 is 0 Å². The molecule has 1 saturated heterocycles. The van der Waals surface area contributed by atoms with E-state index in [0.717, 1.165) is 50.6 Å². The van der Waals surface area contributed by atoms with Gasteiger partial charge in [-0.1, -0.05) is 6.42 Å². The van der Waals surface area contributed by atoms with Crippen LogP contribution in [0.3, 0.4) is 0 Å². The first-order chi connectivity index (χ1) is 9.81. The van der Waals surface area contributed by atoms with Crippen molar-refractivity contribution < 1.29 is 9.13 Å². The minimum atomic E-state index is -0.175. The highest BCUT2D eigenvalue weighted by Crippen LogP contribution is 2.28. The molecule has 1 aromatic rings. The predicted octanol–water partition coefficient (Wildman–Crippen LogP) is 2.41. The summed E-state index contributed by atoms with van der Waals surface area (Å²) in [5.74, 6) is 1.38. The summed E-state index contributed by atoms with van der Waals surface area (Å²) in [6.45, 7) is 5.60. The SMILES string of the molecule is Fc1ccc(OCC2CCC2)c(CN2CCNCC2)c1. The number of benzene rings is 1. The fraction of sp³-hybridized carbons (Fsp3) is 0.625. The van der Waals surface area contributed by atoms with Crippen molar-refractivity contribution in [3.63, 3.8) is 0 Å². The quantitative estimate of drug-likeness (QED) is 0.895. The molecule has 1 heterocycles. The van der Waals surface area contributed by atoms with Crippen molar-refractivity contribution in [3.8, 4) is 5.75 Å². The number of rotatable bonds is 5. The van der Waals surface area contributed by atoms with Crippen LogP contribution < -0.4 is 10.1 Å². The number of nitrogens with zero attached hydrogens (tertiary/aromatic N) is 1. The van der Waals surface area contributed by atoms with Gasteiger partial charge in [-0.25, -0.2) is 4.39 Å². The Hall–Kier alpha value is -1.13. The van der Waals surface area contributed by atoms with Crippen molar-refractivity contribution >= 4 is 0 Å². The Morgan fingerprint density at radius 2 is 2.05 bits per heavy atom. The van der Waals surface area contributed by atoms with Crippen LogP contribution in [0.15, 0.2) is 18.2 Å². The van der Waals surface area contributed by atoms with Crippen LogP contribution in [0.25, 0.3) is 0 Å². The molecule has 0 unspecified atom stereocenters. The average Bonchev–Trinajstić information content (AvgIpc) is 2.40. The van der Waals surface area contributed by atoms with Crippen molar-refractivity contribution in [1.82, 2.24) is 10.2 Å². The first-order valence-corrected chi connectivity index (χ1v) is 7.65. The number of hydrogen-bond acceptors (Lipinski definition) is 3. The lowest BCUT2D eigenvalue weighted by molar-refractivity contribution is 0.175. The van der Waals surface area contributed by atoms with E-state index in [2.05, 4.69) is 10.2 Å². The topological polar surface area (TPSA) is 24.5 Å². The van der Waals surface area contributed by atoms with Gasteiger partial charge in [0.05, 0.1) is 6.61 Å². The second kappa shape index (κ2) is 6.55. The van der Waals surface area contributed by atoms with E-state index in [0.29, 0.717) is 5.92 Å². The molecule has 20 heavy (non-hydrogen) atoms. The third kappa shape index (κ3) is 3.49. The van der Waals surface area contributed by atoms with Crippen molar-refractivity contribution in [3.05, 3.63) is 29.6 Å². The smallest absolute Gasteiger partial charge is 0.124 e. The summed E-state index contributed by atoms with van der Waals surface area (Å²) in [5.41, 5.74) is 0.978. The lowest BCUT2D eigenvalue weighted by atomic mass is 9.86. The van der Waals surface area contributed by atoms with Gasteiger partial charge in [0.2, 0.25) is 0 Å². The number of hydrogen-bond donors (Lipinski definition) is 1. The van der Waals surface area contributed by atoms with Crippen LogP contribution in [0.2, 0.25) is 0 Å². The van der Waals surface area contributed by atoms with Gasteiger partial charge in [0, 0.05) is 38.3 Å². The molecule has 0 spiro atoms. The fourth-order valence-electron chi connectivity index (χ4n) is 2.79. The monoisotopic (exact) mass is 278 g/mol. The maximum absolute atomic E-state index is 13.5. The van der Waals surface area contributed by atoms with Crippen molar-refractivity contribution in [2.75, 3.05) is 32.8 Å². The van der Waals surface area contributed by atoms with Crippen LogP contribution in [-0.2, 0) is 6.54 Å². The molecule has 1 saturated carbocycles. The van der Waals surface area contributed by atoms with E-state index in [1.165, 1.54) is 25.3 Å². The number of ether oxygens (including phenoxy) is 1. The molecule has 1 N–H and O–H groups in total. The Morgan fingerprint density at radius 3 is 2.75 bits per heavy atom. The number of halogens is 1. The summed E-state index contributed by atoms with van der Waals surface area (Å²) in [5, 5.41) is 3.33. The zero-order chi connectivity index (χ0) is 13.8. The van der Waals surface area contributed by atoms with Gasteiger partial charge >= 0.3 is 0 Å². The van der Waals surface area contributed by atoms with Crippen LogP contribution in [0.5, 0.6) is 5.75 Å². The predicted molar refractivity (Wildman–Crippen MR) is 77.4 cm³/mol. The van der Waals surface area contributed by atoms with Gasteiger partial charge in [-0.15, -0.1) is 0 Å². The highest BCUT2D eigenvalue weighted by atomic mass is 19.1. The highest BCUT2D eigenvalue weighted by molar-refractivity contribution is 5.34. The third-order valence-corrected chi connectivity index (χ3v) is 4.33. The minimum Gasteiger partial charge on any atom is -0.493 e. The van der Waals surface area contributed by atoms with Crippen LogP contribution >= 0.6 is 0 Å². The molecule has 2 fully saturated rings. The van der Waals surface area contributed by atoms with Gasteiger partial charge in [0.25, 0.3) is 0 Å². The zero-order valence-corrected chi connectivity index (χ0v) is 11.9.